The molecule has 6 heteroatoms. The number of nitrogens with one attached hydrogen (secondary N) is 2. The molecular weight excluding hydrogens is 330 g/mol. The number of rotatable bonds is 6. The Kier molecular flexibility index (Phi) is 5.21. The number of benzene rings is 2. The number of carbonyl (C=O) groups excluding carboxylic acids is 3. The van der Waals surface area contributed by atoms with Gasteiger partial charge in [-0.3, -0.25) is 14.5 Å². The summed E-state index contributed by atoms with van der Waals surface area (Å²) in [5, 5.41) is 7.72. The first-order valence-corrected chi connectivity index (χ1v) is 8.89. The van der Waals surface area contributed by atoms with Gasteiger partial charge in [-0.15, -0.1) is 0 Å². The van der Waals surface area contributed by atoms with Gasteiger partial charge in [0.15, 0.2) is 0 Å². The molecule has 0 bridgehead atoms. The summed E-state index contributed by atoms with van der Waals surface area (Å²) < 4.78 is 0. The zero-order valence-electron chi connectivity index (χ0n) is 15.0. The summed E-state index contributed by atoms with van der Waals surface area (Å²) in [7, 11) is 0. The molecule has 0 aromatic heterocycles. The number of hydrogen-bond acceptors (Lipinski definition) is 3. The lowest BCUT2D eigenvalue weighted by Gasteiger charge is -2.18. The van der Waals surface area contributed by atoms with Gasteiger partial charge in [-0.05, 0) is 35.7 Å². The van der Waals surface area contributed by atoms with Crippen molar-refractivity contribution in [3.63, 3.8) is 0 Å². The van der Waals surface area contributed by atoms with E-state index < -0.39 is 12.1 Å². The van der Waals surface area contributed by atoms with Crippen LogP contribution in [0.3, 0.4) is 0 Å². The van der Waals surface area contributed by atoms with E-state index in [9.17, 15) is 14.4 Å². The van der Waals surface area contributed by atoms with E-state index in [-0.39, 0.29) is 24.4 Å². The summed E-state index contributed by atoms with van der Waals surface area (Å²) in [6.45, 7) is 3.57. The molecule has 6 nitrogen and oxygen atoms in total. The fourth-order valence-electron chi connectivity index (χ4n) is 3.20. The average molecular weight is 353 g/mol. The minimum absolute atomic E-state index is 0.223. The quantitative estimate of drug-likeness (QED) is 0.784. The molecule has 0 unspecified atom stereocenters. The highest BCUT2D eigenvalue weighted by atomic mass is 16.2. The molecule has 1 aliphatic heterocycles. The van der Waals surface area contributed by atoms with Crippen LogP contribution in [0, 0.1) is 0 Å². The molecule has 2 aromatic rings. The lowest BCUT2D eigenvalue weighted by molar-refractivity contribution is -0.132. The van der Waals surface area contributed by atoms with Gasteiger partial charge in [-0.1, -0.05) is 49.7 Å². The van der Waals surface area contributed by atoms with Crippen LogP contribution < -0.4 is 10.6 Å². The minimum atomic E-state index is -0.516. The van der Waals surface area contributed by atoms with Crippen LogP contribution in [0.2, 0.25) is 0 Å². The van der Waals surface area contributed by atoms with Gasteiger partial charge in [0.05, 0.1) is 6.04 Å². The molecule has 2 N–H and O–H groups in total. The largest absolute Gasteiger partial charge is 0.348 e. The summed E-state index contributed by atoms with van der Waals surface area (Å²) in [5.74, 6) is -0.684. The molecule has 1 heterocycles. The molecule has 3 rings (SSSR count). The smallest absolute Gasteiger partial charge is 0.325 e. The molecule has 4 amide bonds. The van der Waals surface area contributed by atoms with Gasteiger partial charge in [0.2, 0.25) is 5.91 Å². The van der Waals surface area contributed by atoms with Crippen molar-refractivity contribution in [1.29, 1.82) is 0 Å². The second-order valence-electron chi connectivity index (χ2n) is 6.61. The lowest BCUT2D eigenvalue weighted by Crippen LogP contribution is -2.41. The maximum absolute atomic E-state index is 12.3. The van der Waals surface area contributed by atoms with E-state index in [2.05, 4.69) is 10.6 Å². The number of fused-ring (bicyclic) bond motifs is 1. The van der Waals surface area contributed by atoms with Crippen molar-refractivity contribution < 1.29 is 14.4 Å². The van der Waals surface area contributed by atoms with Gasteiger partial charge in [-0.2, -0.15) is 0 Å². The average Bonchev–Trinajstić information content (AvgIpc) is 2.89. The Labute approximate surface area is 152 Å². The molecule has 0 aliphatic carbocycles. The van der Waals surface area contributed by atoms with Crippen molar-refractivity contribution in [2.45, 2.75) is 38.8 Å². The summed E-state index contributed by atoms with van der Waals surface area (Å²) >= 11 is 0. The number of amides is 4. The van der Waals surface area contributed by atoms with E-state index in [1.54, 1.807) is 0 Å². The van der Waals surface area contributed by atoms with Crippen molar-refractivity contribution in [1.82, 2.24) is 15.5 Å². The van der Waals surface area contributed by atoms with E-state index in [4.69, 9.17) is 0 Å². The molecule has 1 aliphatic rings. The summed E-state index contributed by atoms with van der Waals surface area (Å²) in [4.78, 5) is 37.4. The van der Waals surface area contributed by atoms with E-state index in [0.717, 1.165) is 27.7 Å². The zero-order chi connectivity index (χ0) is 18.7. The predicted octanol–water partition coefficient (Wildman–Crippen LogP) is 2.74. The second-order valence-corrected chi connectivity index (χ2v) is 6.61. The SMILES string of the molecule is CCC[C@H]1NC(=O)N(CC(=O)N[C@H](C)c2ccc3ccccc3c2)C1=O. The van der Waals surface area contributed by atoms with Crippen LogP contribution in [0.5, 0.6) is 0 Å². The minimum Gasteiger partial charge on any atom is -0.348 e. The van der Waals surface area contributed by atoms with Crippen LogP contribution in [0.1, 0.15) is 38.3 Å². The third kappa shape index (κ3) is 3.69. The van der Waals surface area contributed by atoms with Crippen molar-refractivity contribution in [3.8, 4) is 0 Å². The fourth-order valence-corrected chi connectivity index (χ4v) is 3.20. The highest BCUT2D eigenvalue weighted by Crippen LogP contribution is 2.20. The molecule has 1 fully saturated rings. The van der Waals surface area contributed by atoms with Gasteiger partial charge >= 0.3 is 6.03 Å². The third-order valence-electron chi connectivity index (χ3n) is 4.64. The van der Waals surface area contributed by atoms with Crippen molar-refractivity contribution >= 4 is 28.6 Å². The summed E-state index contributed by atoms with van der Waals surface area (Å²) in [6, 6.07) is 12.8. The number of urea groups is 1. The van der Waals surface area contributed by atoms with Crippen LogP contribution in [-0.4, -0.2) is 35.3 Å². The number of imide groups is 1. The maximum Gasteiger partial charge on any atom is 0.325 e. The van der Waals surface area contributed by atoms with Gasteiger partial charge in [0, 0.05) is 0 Å². The highest BCUT2D eigenvalue weighted by molar-refractivity contribution is 6.06. The Balaban J connectivity index is 1.63. The van der Waals surface area contributed by atoms with Gasteiger partial charge in [0.1, 0.15) is 12.6 Å². The Morgan fingerprint density at radius 1 is 1.19 bits per heavy atom. The molecule has 1 saturated heterocycles. The van der Waals surface area contributed by atoms with Gasteiger partial charge in [-0.25, -0.2) is 4.79 Å². The van der Waals surface area contributed by atoms with Crippen LogP contribution in [0.4, 0.5) is 4.79 Å². The van der Waals surface area contributed by atoms with Crippen LogP contribution in [0.15, 0.2) is 42.5 Å². The van der Waals surface area contributed by atoms with Crippen LogP contribution >= 0.6 is 0 Å². The molecule has 0 radical (unpaired) electrons. The molecule has 2 atom stereocenters. The molecule has 26 heavy (non-hydrogen) atoms. The molecular formula is C20H23N3O3. The monoisotopic (exact) mass is 353 g/mol. The number of carbonyl (C=O) groups is 3. The molecule has 0 saturated carbocycles. The summed E-state index contributed by atoms with van der Waals surface area (Å²) in [5.41, 5.74) is 0.970. The number of nitrogens with zero attached hydrogens (tertiary/aromatic N) is 1. The maximum atomic E-state index is 12.3. The van der Waals surface area contributed by atoms with Crippen LogP contribution in [0.25, 0.3) is 10.8 Å². The highest BCUT2D eigenvalue weighted by Gasteiger charge is 2.38. The van der Waals surface area contributed by atoms with E-state index >= 15 is 0 Å². The first kappa shape index (κ1) is 17.9. The van der Waals surface area contributed by atoms with Crippen molar-refractivity contribution in [3.05, 3.63) is 48.0 Å². The van der Waals surface area contributed by atoms with Crippen LogP contribution in [-0.2, 0) is 9.59 Å². The van der Waals surface area contributed by atoms with E-state index in [1.165, 1.54) is 0 Å². The second kappa shape index (κ2) is 7.56. The predicted molar refractivity (Wildman–Crippen MR) is 99.4 cm³/mol. The van der Waals surface area contributed by atoms with E-state index in [1.807, 2.05) is 56.3 Å². The van der Waals surface area contributed by atoms with Gasteiger partial charge in [0.25, 0.3) is 5.91 Å². The first-order valence-electron chi connectivity index (χ1n) is 8.89. The zero-order valence-corrected chi connectivity index (χ0v) is 15.0. The van der Waals surface area contributed by atoms with Crippen molar-refractivity contribution in [2.75, 3.05) is 6.54 Å². The standard InChI is InChI=1S/C20H23N3O3/c1-3-6-17-19(25)23(20(26)22-17)12-18(24)21-13(2)15-10-9-14-7-4-5-8-16(14)11-15/h4-5,7-11,13,17H,3,6,12H2,1-2H3,(H,21,24)(H,22,26)/t13-,17-/m1/s1. The van der Waals surface area contributed by atoms with E-state index in [0.29, 0.717) is 6.42 Å². The Morgan fingerprint density at radius 2 is 1.92 bits per heavy atom. The molecule has 136 valence electrons. The number of hydrogen-bond donors (Lipinski definition) is 2. The summed E-state index contributed by atoms with van der Waals surface area (Å²) in [6.07, 6.45) is 1.37. The Bertz CT molecular complexity index is 849. The Hall–Kier alpha value is -2.89. The first-order chi connectivity index (χ1) is 12.5. The molecule has 2 aromatic carbocycles. The fraction of sp³-hybridized carbons (Fsp3) is 0.350. The third-order valence-corrected chi connectivity index (χ3v) is 4.64. The Morgan fingerprint density at radius 3 is 2.65 bits per heavy atom. The molecule has 0 spiro atoms. The topological polar surface area (TPSA) is 78.5 Å². The normalized spacial score (nSPS) is 18.1. The van der Waals surface area contributed by atoms with Crippen molar-refractivity contribution in [2.24, 2.45) is 0 Å². The lowest BCUT2D eigenvalue weighted by atomic mass is 10.0. The van der Waals surface area contributed by atoms with Gasteiger partial charge < -0.3 is 10.6 Å².